The lowest BCUT2D eigenvalue weighted by molar-refractivity contribution is 0.00942. The van der Waals surface area contributed by atoms with Gasteiger partial charge in [-0.3, -0.25) is 9.80 Å². The Labute approximate surface area is 105 Å². The predicted octanol–water partition coefficient (Wildman–Crippen LogP) is 1.42. The number of piperazine rings is 1. The summed E-state index contributed by atoms with van der Waals surface area (Å²) in [6, 6.07) is 2.64. The monoisotopic (exact) mass is 237 g/mol. The smallest absolute Gasteiger partial charge is 0.0251 e. The molecule has 0 bridgehead atoms. The highest BCUT2D eigenvalue weighted by Crippen LogP contribution is 2.30. The van der Waals surface area contributed by atoms with E-state index in [1.807, 2.05) is 0 Å². The molecule has 0 radical (unpaired) electrons. The largest absolute Gasteiger partial charge is 0.326 e. The summed E-state index contributed by atoms with van der Waals surface area (Å²) < 4.78 is 0. The van der Waals surface area contributed by atoms with Crippen LogP contribution in [0, 0.1) is 0 Å². The fourth-order valence-electron chi connectivity index (χ4n) is 4.22. The van der Waals surface area contributed by atoms with Crippen molar-refractivity contribution in [3.63, 3.8) is 0 Å². The predicted molar refractivity (Wildman–Crippen MR) is 71.0 cm³/mol. The number of nitrogens with two attached hydrogens (primary N) is 1. The maximum absolute atomic E-state index is 6.35. The van der Waals surface area contributed by atoms with Crippen LogP contribution in [0.2, 0.25) is 0 Å². The average Bonchev–Trinajstić information content (AvgIpc) is 2.76. The van der Waals surface area contributed by atoms with Crippen molar-refractivity contribution in [2.75, 3.05) is 19.6 Å². The van der Waals surface area contributed by atoms with Gasteiger partial charge < -0.3 is 5.73 Å². The molecule has 98 valence electrons. The molecule has 3 rings (SSSR count). The Hall–Kier alpha value is -0.120. The molecule has 0 aromatic rings. The first-order valence-corrected chi connectivity index (χ1v) is 7.51. The second-order valence-corrected chi connectivity index (χ2v) is 6.35. The van der Waals surface area contributed by atoms with E-state index in [-0.39, 0.29) is 0 Å². The molecule has 0 spiro atoms. The van der Waals surface area contributed by atoms with Crippen molar-refractivity contribution < 1.29 is 0 Å². The zero-order valence-electron chi connectivity index (χ0n) is 11.1. The highest BCUT2D eigenvalue weighted by Gasteiger charge is 2.39. The van der Waals surface area contributed by atoms with Gasteiger partial charge in [-0.25, -0.2) is 0 Å². The zero-order valence-corrected chi connectivity index (χ0v) is 11.1. The minimum atomic E-state index is 0.430. The fourth-order valence-corrected chi connectivity index (χ4v) is 4.22. The molecule has 4 unspecified atom stereocenters. The van der Waals surface area contributed by atoms with Crippen LogP contribution >= 0.6 is 0 Å². The summed E-state index contributed by atoms with van der Waals surface area (Å²) in [6.07, 6.45) is 8.11. The SMILES string of the molecule is CC1CN2CCCC2CN1C1CCCCC1N. The number of nitrogens with zero attached hydrogens (tertiary/aromatic N) is 2. The fraction of sp³-hybridized carbons (Fsp3) is 1.00. The molecule has 2 N–H and O–H groups in total. The first kappa shape index (κ1) is 11.9. The molecule has 17 heavy (non-hydrogen) atoms. The van der Waals surface area contributed by atoms with E-state index < -0.39 is 0 Å². The third-order valence-corrected chi connectivity index (χ3v) is 5.19. The van der Waals surface area contributed by atoms with Crippen LogP contribution < -0.4 is 5.73 Å². The van der Waals surface area contributed by atoms with Crippen LogP contribution in [0.3, 0.4) is 0 Å². The molecule has 1 saturated carbocycles. The molecule has 3 nitrogen and oxygen atoms in total. The molecule has 3 fully saturated rings. The second kappa shape index (κ2) is 4.87. The highest BCUT2D eigenvalue weighted by molar-refractivity contribution is 4.96. The van der Waals surface area contributed by atoms with Gasteiger partial charge in [0.25, 0.3) is 0 Å². The summed E-state index contributed by atoms with van der Waals surface area (Å²) >= 11 is 0. The van der Waals surface area contributed by atoms with Crippen molar-refractivity contribution in [3.8, 4) is 0 Å². The minimum Gasteiger partial charge on any atom is -0.326 e. The average molecular weight is 237 g/mol. The molecule has 2 saturated heterocycles. The van der Waals surface area contributed by atoms with E-state index in [4.69, 9.17) is 5.73 Å². The lowest BCUT2D eigenvalue weighted by Crippen LogP contribution is -2.62. The number of hydrogen-bond donors (Lipinski definition) is 1. The van der Waals surface area contributed by atoms with Crippen LogP contribution in [0.1, 0.15) is 45.4 Å². The third-order valence-electron chi connectivity index (χ3n) is 5.19. The van der Waals surface area contributed by atoms with Gasteiger partial charge in [-0.1, -0.05) is 12.8 Å². The normalized spacial score (nSPS) is 44.8. The van der Waals surface area contributed by atoms with Crippen LogP contribution in [0.15, 0.2) is 0 Å². The Morgan fingerprint density at radius 2 is 1.82 bits per heavy atom. The van der Waals surface area contributed by atoms with E-state index in [0.717, 1.165) is 6.04 Å². The molecule has 2 aliphatic heterocycles. The summed E-state index contributed by atoms with van der Waals surface area (Å²) in [7, 11) is 0. The van der Waals surface area contributed by atoms with E-state index >= 15 is 0 Å². The van der Waals surface area contributed by atoms with Crippen LogP contribution in [0.4, 0.5) is 0 Å². The summed E-state index contributed by atoms with van der Waals surface area (Å²) in [4.78, 5) is 5.45. The molecule has 0 aromatic heterocycles. The van der Waals surface area contributed by atoms with Gasteiger partial charge in [0, 0.05) is 37.3 Å². The molecule has 4 atom stereocenters. The zero-order chi connectivity index (χ0) is 11.8. The Morgan fingerprint density at radius 1 is 1.00 bits per heavy atom. The van der Waals surface area contributed by atoms with Crippen molar-refractivity contribution in [1.82, 2.24) is 9.80 Å². The second-order valence-electron chi connectivity index (χ2n) is 6.35. The summed E-state index contributed by atoms with van der Waals surface area (Å²) in [6.45, 7) is 6.28. The van der Waals surface area contributed by atoms with Crippen LogP contribution in [0.5, 0.6) is 0 Å². The molecule has 0 aromatic carbocycles. The van der Waals surface area contributed by atoms with Gasteiger partial charge in [-0.05, 0) is 39.2 Å². The molecular formula is C14H27N3. The lowest BCUT2D eigenvalue weighted by Gasteiger charge is -2.48. The first-order valence-electron chi connectivity index (χ1n) is 7.51. The van der Waals surface area contributed by atoms with Gasteiger partial charge in [-0.15, -0.1) is 0 Å². The summed E-state index contributed by atoms with van der Waals surface area (Å²) in [5.74, 6) is 0. The first-order chi connectivity index (χ1) is 8.25. The van der Waals surface area contributed by atoms with Gasteiger partial charge >= 0.3 is 0 Å². The molecular weight excluding hydrogens is 210 g/mol. The summed E-state index contributed by atoms with van der Waals surface area (Å²) in [5.41, 5.74) is 6.35. The lowest BCUT2D eigenvalue weighted by atomic mass is 9.88. The third kappa shape index (κ3) is 2.25. The van der Waals surface area contributed by atoms with Gasteiger partial charge in [0.15, 0.2) is 0 Å². The maximum Gasteiger partial charge on any atom is 0.0251 e. The molecule has 3 aliphatic rings. The van der Waals surface area contributed by atoms with Crippen LogP contribution in [0.25, 0.3) is 0 Å². The highest BCUT2D eigenvalue weighted by atomic mass is 15.3. The number of rotatable bonds is 1. The van der Waals surface area contributed by atoms with Gasteiger partial charge in [0.05, 0.1) is 0 Å². The number of hydrogen-bond acceptors (Lipinski definition) is 3. The summed E-state index contributed by atoms with van der Waals surface area (Å²) in [5, 5.41) is 0. The topological polar surface area (TPSA) is 32.5 Å². The van der Waals surface area contributed by atoms with E-state index in [9.17, 15) is 0 Å². The van der Waals surface area contributed by atoms with Crippen molar-refractivity contribution in [1.29, 1.82) is 0 Å². The van der Waals surface area contributed by atoms with Crippen LogP contribution in [-0.2, 0) is 0 Å². The van der Waals surface area contributed by atoms with E-state index in [2.05, 4.69) is 16.7 Å². The minimum absolute atomic E-state index is 0.430. The molecule has 3 heteroatoms. The van der Waals surface area contributed by atoms with Crippen LogP contribution in [-0.4, -0.2) is 53.6 Å². The molecule has 2 heterocycles. The number of fused-ring (bicyclic) bond motifs is 1. The maximum atomic E-state index is 6.35. The Morgan fingerprint density at radius 3 is 2.65 bits per heavy atom. The van der Waals surface area contributed by atoms with Crippen molar-refractivity contribution in [3.05, 3.63) is 0 Å². The van der Waals surface area contributed by atoms with Gasteiger partial charge in [0.1, 0.15) is 0 Å². The van der Waals surface area contributed by atoms with Crippen molar-refractivity contribution >= 4 is 0 Å². The Balaban J connectivity index is 1.69. The standard InChI is InChI=1S/C14H27N3/c1-11-9-16-8-4-5-12(16)10-17(11)14-7-3-2-6-13(14)15/h11-14H,2-10,15H2,1H3. The van der Waals surface area contributed by atoms with Gasteiger partial charge in [-0.2, -0.15) is 0 Å². The van der Waals surface area contributed by atoms with Crippen molar-refractivity contribution in [2.24, 2.45) is 5.73 Å². The van der Waals surface area contributed by atoms with Gasteiger partial charge in [0.2, 0.25) is 0 Å². The van der Waals surface area contributed by atoms with E-state index in [1.54, 1.807) is 0 Å². The van der Waals surface area contributed by atoms with E-state index in [1.165, 1.54) is 58.2 Å². The Kier molecular flexibility index (Phi) is 3.42. The quantitative estimate of drug-likeness (QED) is 0.749. The van der Waals surface area contributed by atoms with Crippen molar-refractivity contribution in [2.45, 2.75) is 69.6 Å². The van der Waals surface area contributed by atoms with E-state index in [0.29, 0.717) is 18.1 Å². The molecule has 0 amide bonds. The molecule has 1 aliphatic carbocycles. The Bertz CT molecular complexity index is 268.